The van der Waals surface area contributed by atoms with Gasteiger partial charge in [-0.1, -0.05) is 26.2 Å². The monoisotopic (exact) mass is 406 g/mol. The molecule has 7 nitrogen and oxygen atoms in total. The molecule has 0 unspecified atom stereocenters. The van der Waals surface area contributed by atoms with E-state index in [0.29, 0.717) is 0 Å². The fraction of sp³-hybridized carbons (Fsp3) is 0.450. The van der Waals surface area contributed by atoms with Gasteiger partial charge in [0.25, 0.3) is 5.91 Å². The average Bonchev–Trinajstić information content (AvgIpc) is 2.65. The van der Waals surface area contributed by atoms with Crippen LogP contribution in [0, 0.1) is 18.6 Å². The van der Waals surface area contributed by atoms with Gasteiger partial charge in [-0.2, -0.15) is 0 Å². The Balaban J connectivity index is 2.34. The Morgan fingerprint density at radius 3 is 2.52 bits per heavy atom. The molecule has 0 saturated carbocycles. The van der Waals surface area contributed by atoms with Crippen molar-refractivity contribution >= 4 is 23.2 Å². The first-order valence-corrected chi connectivity index (χ1v) is 9.64. The molecule has 1 amide bonds. The van der Waals surface area contributed by atoms with Crippen molar-refractivity contribution in [3.05, 3.63) is 41.2 Å². The van der Waals surface area contributed by atoms with Crippen molar-refractivity contribution in [2.45, 2.75) is 58.5 Å². The Bertz CT molecular complexity index is 859. The number of primary amides is 1. The number of unbranched alkanes of at least 4 members (excludes halogenated alkanes) is 2. The first-order valence-electron chi connectivity index (χ1n) is 9.64. The van der Waals surface area contributed by atoms with Gasteiger partial charge >= 0.3 is 0 Å². The Morgan fingerprint density at radius 1 is 1.21 bits per heavy atom. The Labute approximate surface area is 169 Å². The maximum Gasteiger partial charge on any atom is 0.252 e. The number of nitrogens with zero attached hydrogens (tertiary/aromatic N) is 2. The van der Waals surface area contributed by atoms with Crippen LogP contribution in [0.15, 0.2) is 18.3 Å². The molecule has 29 heavy (non-hydrogen) atoms. The molecule has 0 aliphatic rings. The van der Waals surface area contributed by atoms with Gasteiger partial charge in [0, 0.05) is 18.2 Å². The van der Waals surface area contributed by atoms with Crippen LogP contribution in [0.2, 0.25) is 0 Å². The number of aryl methyl sites for hydroxylation is 1. The van der Waals surface area contributed by atoms with Gasteiger partial charge in [0.2, 0.25) is 0 Å². The van der Waals surface area contributed by atoms with Crippen LogP contribution in [0.4, 0.5) is 26.1 Å². The third kappa shape index (κ3) is 6.08. The number of nitrogens with one attached hydrogen (secondary N) is 2. The number of rotatable bonds is 10. The second-order valence-corrected chi connectivity index (χ2v) is 7.10. The third-order valence-electron chi connectivity index (χ3n) is 4.60. The molecule has 0 bridgehead atoms. The molecule has 2 atom stereocenters. The lowest BCUT2D eigenvalue weighted by Crippen LogP contribution is -2.38. The number of carbonyl (C=O) groups excluding carboxylic acids is 1. The predicted octanol–water partition coefficient (Wildman–Crippen LogP) is 3.61. The topological polar surface area (TPSA) is 119 Å². The molecule has 2 aromatic heterocycles. The van der Waals surface area contributed by atoms with Gasteiger partial charge in [-0.3, -0.25) is 9.78 Å². The number of hydrogen-bond donors (Lipinski definition) is 4. The molecule has 0 radical (unpaired) electrons. The molecule has 0 spiro atoms. The zero-order chi connectivity index (χ0) is 21.6. The van der Waals surface area contributed by atoms with Crippen molar-refractivity contribution in [1.29, 1.82) is 0 Å². The summed E-state index contributed by atoms with van der Waals surface area (Å²) in [5.41, 5.74) is 11.7. The number of halogens is 2. The lowest BCUT2D eigenvalue weighted by Gasteiger charge is -2.24. The van der Waals surface area contributed by atoms with Crippen LogP contribution in [0.25, 0.3) is 0 Å². The van der Waals surface area contributed by atoms with E-state index >= 15 is 0 Å². The van der Waals surface area contributed by atoms with Crippen molar-refractivity contribution < 1.29 is 13.6 Å². The number of carbonyl (C=O) groups is 1. The van der Waals surface area contributed by atoms with Gasteiger partial charge in [-0.05, 0) is 26.3 Å². The molecule has 6 N–H and O–H groups in total. The molecule has 0 aromatic carbocycles. The fourth-order valence-corrected chi connectivity index (χ4v) is 2.84. The van der Waals surface area contributed by atoms with Crippen molar-refractivity contribution in [3.63, 3.8) is 0 Å². The van der Waals surface area contributed by atoms with E-state index < -0.39 is 17.5 Å². The summed E-state index contributed by atoms with van der Waals surface area (Å²) < 4.78 is 28.4. The number of amides is 1. The predicted molar refractivity (Wildman–Crippen MR) is 110 cm³/mol. The quantitative estimate of drug-likeness (QED) is 0.448. The second kappa shape index (κ2) is 10.1. The van der Waals surface area contributed by atoms with Crippen LogP contribution < -0.4 is 22.1 Å². The lowest BCUT2D eigenvalue weighted by atomic mass is 10.0. The van der Waals surface area contributed by atoms with Crippen LogP contribution in [-0.4, -0.2) is 28.0 Å². The summed E-state index contributed by atoms with van der Waals surface area (Å²) in [5, 5.41) is 5.82. The number of anilines is 3. The molecule has 0 aliphatic carbocycles. The molecule has 158 valence electrons. The van der Waals surface area contributed by atoms with E-state index in [2.05, 4.69) is 27.5 Å². The zero-order valence-electron chi connectivity index (χ0n) is 16.9. The van der Waals surface area contributed by atoms with Crippen molar-refractivity contribution in [2.24, 2.45) is 11.5 Å². The summed E-state index contributed by atoms with van der Waals surface area (Å²) >= 11 is 0. The van der Waals surface area contributed by atoms with E-state index in [9.17, 15) is 13.6 Å². The highest BCUT2D eigenvalue weighted by molar-refractivity contribution is 5.98. The van der Waals surface area contributed by atoms with Gasteiger partial charge in [0.05, 0.1) is 23.1 Å². The summed E-state index contributed by atoms with van der Waals surface area (Å²) in [4.78, 5) is 19.8. The smallest absolute Gasteiger partial charge is 0.252 e. The second-order valence-electron chi connectivity index (χ2n) is 7.10. The summed E-state index contributed by atoms with van der Waals surface area (Å²) in [6.07, 6.45) is 5.17. The van der Waals surface area contributed by atoms with E-state index in [0.717, 1.165) is 31.7 Å². The molecule has 0 aliphatic heterocycles. The molecular weight excluding hydrogens is 378 g/mol. The minimum atomic E-state index is -0.863. The minimum Gasteiger partial charge on any atom is -0.365 e. The summed E-state index contributed by atoms with van der Waals surface area (Å²) in [7, 11) is 0. The maximum absolute atomic E-state index is 14.6. The minimum absolute atomic E-state index is 0.00318. The van der Waals surface area contributed by atoms with Crippen LogP contribution in [-0.2, 0) is 0 Å². The Kier molecular flexibility index (Phi) is 7.83. The van der Waals surface area contributed by atoms with Crippen LogP contribution in [0.5, 0.6) is 0 Å². The normalized spacial score (nSPS) is 13.0. The van der Waals surface area contributed by atoms with Crippen molar-refractivity contribution in [2.75, 3.05) is 10.6 Å². The Hall–Kier alpha value is -2.81. The van der Waals surface area contributed by atoms with Crippen LogP contribution in [0.1, 0.15) is 55.6 Å². The van der Waals surface area contributed by atoms with Gasteiger partial charge in [-0.15, -0.1) is 0 Å². The first kappa shape index (κ1) is 22.5. The van der Waals surface area contributed by atoms with E-state index in [1.807, 2.05) is 6.92 Å². The largest absolute Gasteiger partial charge is 0.365 e. The van der Waals surface area contributed by atoms with Crippen molar-refractivity contribution in [3.8, 4) is 0 Å². The van der Waals surface area contributed by atoms with Gasteiger partial charge in [-0.25, -0.2) is 13.8 Å². The maximum atomic E-state index is 14.6. The molecular formula is C20H28F2N6O. The van der Waals surface area contributed by atoms with Gasteiger partial charge in [0.15, 0.2) is 11.6 Å². The molecule has 2 rings (SSSR count). The fourth-order valence-electron chi connectivity index (χ4n) is 2.84. The number of hydrogen-bond acceptors (Lipinski definition) is 6. The van der Waals surface area contributed by atoms with E-state index in [-0.39, 0.29) is 40.7 Å². The highest BCUT2D eigenvalue weighted by Crippen LogP contribution is 2.25. The summed E-state index contributed by atoms with van der Waals surface area (Å²) in [6.45, 7) is 5.46. The average molecular weight is 406 g/mol. The molecule has 2 heterocycles. The van der Waals surface area contributed by atoms with Crippen LogP contribution >= 0.6 is 0 Å². The molecule has 0 fully saturated rings. The molecule has 9 heteroatoms. The van der Waals surface area contributed by atoms with Gasteiger partial charge < -0.3 is 22.1 Å². The highest BCUT2D eigenvalue weighted by atomic mass is 19.1. The van der Waals surface area contributed by atoms with Gasteiger partial charge in [0.1, 0.15) is 11.6 Å². The van der Waals surface area contributed by atoms with E-state index in [1.165, 1.54) is 19.2 Å². The van der Waals surface area contributed by atoms with Crippen LogP contribution in [0.3, 0.4) is 0 Å². The summed E-state index contributed by atoms with van der Waals surface area (Å²) in [5.74, 6) is -2.17. The van der Waals surface area contributed by atoms with E-state index in [1.54, 1.807) is 0 Å². The summed E-state index contributed by atoms with van der Waals surface area (Å²) in [6, 6.07) is 1.77. The highest BCUT2D eigenvalue weighted by Gasteiger charge is 2.20. The number of pyridine rings is 2. The third-order valence-corrected chi connectivity index (χ3v) is 4.60. The number of aromatic nitrogens is 2. The number of nitrogens with two attached hydrogens (primary N) is 2. The van der Waals surface area contributed by atoms with E-state index in [4.69, 9.17) is 11.5 Å². The standard InChI is InChI=1S/C20H28F2N6O/c1-4-5-6-7-17(11(2)23)27-20-16(22)9-14(18(24)29)19(28-20)26-13-8-15(21)12(3)25-10-13/h8-11,17H,4-7,23H2,1-3H3,(H2,24,29)(H2,26,27,28)/t11-,17+/m0/s1. The molecule has 2 aromatic rings. The van der Waals surface area contributed by atoms with Crippen molar-refractivity contribution in [1.82, 2.24) is 9.97 Å². The zero-order valence-corrected chi connectivity index (χ0v) is 16.9. The SMILES string of the molecule is CCCCC[C@@H](Nc1nc(Nc2cnc(C)c(F)c2)c(C(N)=O)cc1F)[C@H](C)N. The molecule has 0 saturated heterocycles. The first-order chi connectivity index (χ1) is 13.7. The lowest BCUT2D eigenvalue weighted by molar-refractivity contribution is 0.100. The Morgan fingerprint density at radius 2 is 1.93 bits per heavy atom.